The number of nitrogens with zero attached hydrogens (tertiary/aromatic N) is 4. The minimum atomic E-state index is -0.589. The van der Waals surface area contributed by atoms with Crippen LogP contribution in [0.5, 0.6) is 11.5 Å². The maximum atomic E-state index is 13.1. The molecule has 0 unspecified atom stereocenters. The average Bonchev–Trinajstić information content (AvgIpc) is 3.22. The highest BCUT2D eigenvalue weighted by molar-refractivity contribution is 5.81. The van der Waals surface area contributed by atoms with Crippen LogP contribution in [0.4, 0.5) is 0 Å². The van der Waals surface area contributed by atoms with Crippen LogP contribution < -0.4 is 9.47 Å². The number of aromatic nitrogens is 2. The van der Waals surface area contributed by atoms with Gasteiger partial charge in [-0.05, 0) is 38.9 Å². The Hall–Kier alpha value is -2.67. The average molecular weight is 396 g/mol. The first-order valence-corrected chi connectivity index (χ1v) is 10.2. The zero-order valence-electron chi connectivity index (χ0n) is 17.3. The largest absolute Gasteiger partial charge is 0.497 e. The molecule has 0 bridgehead atoms. The van der Waals surface area contributed by atoms with Crippen molar-refractivity contribution in [1.29, 1.82) is 0 Å². The first kappa shape index (κ1) is 19.6. The van der Waals surface area contributed by atoms with Gasteiger partial charge in [0, 0.05) is 49.6 Å². The Kier molecular flexibility index (Phi) is 5.67. The summed E-state index contributed by atoms with van der Waals surface area (Å²) in [4.78, 5) is 26.7. The molecule has 0 spiro atoms. The third kappa shape index (κ3) is 4.19. The Bertz CT molecular complexity index is 888. The number of hydrogen-bond acceptors (Lipinski definition) is 6. The Morgan fingerprint density at radius 3 is 2.93 bits per heavy atom. The van der Waals surface area contributed by atoms with Gasteiger partial charge in [-0.1, -0.05) is 6.07 Å². The number of methoxy groups -OCH3 is 1. The van der Waals surface area contributed by atoms with E-state index in [2.05, 4.69) is 16.9 Å². The number of carbonyl (C=O) groups excluding carboxylic acids is 1. The first-order chi connectivity index (χ1) is 14.0. The van der Waals surface area contributed by atoms with Crippen molar-refractivity contribution in [3.63, 3.8) is 0 Å². The Labute approximate surface area is 171 Å². The highest BCUT2D eigenvalue weighted by Crippen LogP contribution is 2.32. The Morgan fingerprint density at radius 1 is 1.28 bits per heavy atom. The molecule has 1 amide bonds. The minimum absolute atomic E-state index is 0.0311. The molecule has 1 fully saturated rings. The van der Waals surface area contributed by atoms with E-state index in [1.807, 2.05) is 29.3 Å². The van der Waals surface area contributed by atoms with Crippen LogP contribution in [0.15, 0.2) is 30.5 Å². The second-order valence-corrected chi connectivity index (χ2v) is 7.82. The van der Waals surface area contributed by atoms with Crippen molar-refractivity contribution in [2.75, 3.05) is 27.2 Å². The van der Waals surface area contributed by atoms with Gasteiger partial charge in [0.1, 0.15) is 11.5 Å². The molecule has 7 nitrogen and oxygen atoms in total. The van der Waals surface area contributed by atoms with Crippen molar-refractivity contribution >= 4 is 5.91 Å². The normalized spacial score (nSPS) is 20.2. The van der Waals surface area contributed by atoms with Crippen LogP contribution in [0.3, 0.4) is 0 Å². The minimum Gasteiger partial charge on any atom is -0.497 e. The summed E-state index contributed by atoms with van der Waals surface area (Å²) >= 11 is 0. The molecule has 2 aromatic rings. The summed E-state index contributed by atoms with van der Waals surface area (Å²) in [6.07, 6.45) is 4.11. The molecule has 1 aromatic heterocycles. The van der Waals surface area contributed by atoms with Gasteiger partial charge in [-0.3, -0.25) is 4.79 Å². The molecule has 3 heterocycles. The van der Waals surface area contributed by atoms with E-state index in [4.69, 9.17) is 14.5 Å². The predicted molar refractivity (Wildman–Crippen MR) is 109 cm³/mol. The van der Waals surface area contributed by atoms with Crippen LogP contribution in [-0.2, 0) is 17.8 Å². The number of fused-ring (bicyclic) bond motifs is 1. The fourth-order valence-corrected chi connectivity index (χ4v) is 4.09. The zero-order chi connectivity index (χ0) is 20.4. The number of benzene rings is 1. The second-order valence-electron chi connectivity index (χ2n) is 7.82. The lowest BCUT2D eigenvalue weighted by Crippen LogP contribution is -2.40. The standard InChI is InChI=1S/C22H28N4O3/c1-15(29-18-7-4-6-17(12-18)28-3)22(27)26-10-5-8-20(26)21-23-13-16-14-25(2)11-9-19(16)24-21/h4,6-7,12-13,15,20H,5,8-11,14H2,1-3H3/t15-,20-/m0/s1. The van der Waals surface area contributed by atoms with E-state index in [9.17, 15) is 4.79 Å². The van der Waals surface area contributed by atoms with Gasteiger partial charge in [-0.15, -0.1) is 0 Å². The van der Waals surface area contributed by atoms with Gasteiger partial charge in [-0.2, -0.15) is 0 Å². The SMILES string of the molecule is COc1cccc(O[C@@H](C)C(=O)N2CCC[C@H]2c2ncc3c(n2)CCN(C)C3)c1. The lowest BCUT2D eigenvalue weighted by molar-refractivity contribution is -0.139. The number of rotatable bonds is 5. The van der Waals surface area contributed by atoms with E-state index in [1.165, 1.54) is 5.56 Å². The van der Waals surface area contributed by atoms with Crippen molar-refractivity contribution < 1.29 is 14.3 Å². The number of ether oxygens (including phenoxy) is 2. The van der Waals surface area contributed by atoms with Gasteiger partial charge in [0.25, 0.3) is 5.91 Å². The van der Waals surface area contributed by atoms with Gasteiger partial charge >= 0.3 is 0 Å². The molecular weight excluding hydrogens is 368 g/mol. The number of amides is 1. The lowest BCUT2D eigenvalue weighted by Gasteiger charge is -2.28. The van der Waals surface area contributed by atoms with E-state index >= 15 is 0 Å². The van der Waals surface area contributed by atoms with Crippen molar-refractivity contribution in [3.8, 4) is 11.5 Å². The van der Waals surface area contributed by atoms with Crippen molar-refractivity contribution in [3.05, 3.63) is 47.5 Å². The van der Waals surface area contributed by atoms with Crippen LogP contribution in [0.1, 0.15) is 42.9 Å². The summed E-state index contributed by atoms with van der Waals surface area (Å²) < 4.78 is 11.1. The van der Waals surface area contributed by atoms with Gasteiger partial charge in [0.15, 0.2) is 11.9 Å². The fourth-order valence-electron chi connectivity index (χ4n) is 4.09. The fraction of sp³-hybridized carbons (Fsp3) is 0.500. The molecular formula is C22H28N4O3. The van der Waals surface area contributed by atoms with E-state index in [-0.39, 0.29) is 11.9 Å². The smallest absolute Gasteiger partial charge is 0.263 e. The Morgan fingerprint density at radius 2 is 2.10 bits per heavy atom. The summed E-state index contributed by atoms with van der Waals surface area (Å²) in [5.74, 6) is 2.05. The zero-order valence-corrected chi connectivity index (χ0v) is 17.3. The topological polar surface area (TPSA) is 67.8 Å². The Balaban J connectivity index is 1.48. The molecule has 0 saturated carbocycles. The van der Waals surface area contributed by atoms with E-state index in [0.29, 0.717) is 18.0 Å². The quantitative estimate of drug-likeness (QED) is 0.774. The summed E-state index contributed by atoms with van der Waals surface area (Å²) in [7, 11) is 3.72. The van der Waals surface area contributed by atoms with Gasteiger partial charge in [0.2, 0.25) is 0 Å². The number of likely N-dealkylation sites (N-methyl/N-ethyl adjacent to an activating group) is 1. The highest BCUT2D eigenvalue weighted by Gasteiger charge is 2.35. The van der Waals surface area contributed by atoms with Crippen LogP contribution in [-0.4, -0.2) is 59.0 Å². The molecule has 2 aliphatic heterocycles. The van der Waals surface area contributed by atoms with E-state index in [0.717, 1.165) is 43.9 Å². The van der Waals surface area contributed by atoms with Crippen LogP contribution in [0.2, 0.25) is 0 Å². The maximum absolute atomic E-state index is 13.1. The summed E-state index contributed by atoms with van der Waals surface area (Å²) in [5.41, 5.74) is 2.31. The van der Waals surface area contributed by atoms with Crippen LogP contribution in [0, 0.1) is 0 Å². The third-order valence-corrected chi connectivity index (χ3v) is 5.68. The molecule has 0 N–H and O–H groups in total. The molecule has 1 saturated heterocycles. The van der Waals surface area contributed by atoms with Crippen LogP contribution >= 0.6 is 0 Å². The van der Waals surface area contributed by atoms with Crippen molar-refractivity contribution in [2.45, 2.75) is 44.9 Å². The summed E-state index contributed by atoms with van der Waals surface area (Å²) in [6, 6.07) is 7.24. The lowest BCUT2D eigenvalue weighted by atomic mass is 10.1. The molecule has 2 aliphatic rings. The molecule has 0 radical (unpaired) electrons. The molecule has 29 heavy (non-hydrogen) atoms. The second kappa shape index (κ2) is 8.37. The maximum Gasteiger partial charge on any atom is 0.263 e. The molecule has 1 aromatic carbocycles. The number of hydrogen-bond donors (Lipinski definition) is 0. The van der Waals surface area contributed by atoms with Crippen molar-refractivity contribution in [1.82, 2.24) is 19.8 Å². The summed E-state index contributed by atoms with van der Waals surface area (Å²) in [5, 5.41) is 0. The van der Waals surface area contributed by atoms with E-state index < -0.39 is 6.10 Å². The molecule has 0 aliphatic carbocycles. The van der Waals surface area contributed by atoms with Crippen molar-refractivity contribution in [2.24, 2.45) is 0 Å². The van der Waals surface area contributed by atoms with Gasteiger partial charge in [-0.25, -0.2) is 9.97 Å². The number of carbonyl (C=O) groups is 1. The molecule has 154 valence electrons. The van der Waals surface area contributed by atoms with Gasteiger partial charge < -0.3 is 19.3 Å². The van der Waals surface area contributed by atoms with Crippen LogP contribution in [0.25, 0.3) is 0 Å². The molecule has 4 rings (SSSR count). The first-order valence-electron chi connectivity index (χ1n) is 10.2. The summed E-state index contributed by atoms with van der Waals surface area (Å²) in [6.45, 7) is 4.38. The van der Waals surface area contributed by atoms with E-state index in [1.54, 1.807) is 20.1 Å². The monoisotopic (exact) mass is 396 g/mol. The third-order valence-electron chi connectivity index (χ3n) is 5.68. The predicted octanol–water partition coefficient (Wildman–Crippen LogP) is 2.60. The highest BCUT2D eigenvalue weighted by atomic mass is 16.5. The molecule has 2 atom stereocenters. The van der Waals surface area contributed by atoms with Gasteiger partial charge in [0.05, 0.1) is 13.2 Å². The molecule has 7 heteroatoms. The number of likely N-dealkylation sites (tertiary alicyclic amines) is 1.